The van der Waals surface area contributed by atoms with Gasteiger partial charge in [0, 0.05) is 25.2 Å². The van der Waals surface area contributed by atoms with Gasteiger partial charge in [-0.05, 0) is 6.07 Å². The Hall–Kier alpha value is -1.03. The fourth-order valence-corrected chi connectivity index (χ4v) is 1.45. The van der Waals surface area contributed by atoms with E-state index in [1.165, 1.54) is 0 Å². The molecule has 1 saturated heterocycles. The number of aromatic nitrogens is 2. The molecule has 13 heavy (non-hydrogen) atoms. The highest BCUT2D eigenvalue weighted by Gasteiger charge is 2.36. The average Bonchev–Trinajstić information content (AvgIpc) is 2.20. The second-order valence-corrected chi connectivity index (χ2v) is 3.15. The zero-order chi connectivity index (χ0) is 9.15. The number of ether oxygens (including phenoxy) is 1. The summed E-state index contributed by atoms with van der Waals surface area (Å²) in [7, 11) is 0. The van der Waals surface area contributed by atoms with Gasteiger partial charge in [-0.15, -0.1) is 0 Å². The van der Waals surface area contributed by atoms with Crippen LogP contribution in [0.25, 0.3) is 0 Å². The molecular weight excluding hydrogens is 171 g/mol. The van der Waals surface area contributed by atoms with Gasteiger partial charge in [0.1, 0.15) is 0 Å². The van der Waals surface area contributed by atoms with E-state index >= 15 is 0 Å². The third-order valence-corrected chi connectivity index (χ3v) is 2.25. The van der Waals surface area contributed by atoms with Crippen molar-refractivity contribution in [3.05, 3.63) is 24.3 Å². The lowest BCUT2D eigenvalue weighted by Crippen LogP contribution is -2.31. The molecule has 70 valence electrons. The van der Waals surface area contributed by atoms with Gasteiger partial charge < -0.3 is 4.74 Å². The third kappa shape index (κ3) is 1.67. The van der Waals surface area contributed by atoms with E-state index in [-0.39, 0.29) is 0 Å². The van der Waals surface area contributed by atoms with Crippen LogP contribution >= 0.6 is 0 Å². The van der Waals surface area contributed by atoms with Crippen molar-refractivity contribution in [3.63, 3.8) is 0 Å². The number of nitrogens with zero attached hydrogens (tertiary/aromatic N) is 2. The second kappa shape index (κ2) is 3.38. The lowest BCUT2D eigenvalue weighted by Gasteiger charge is -2.27. The van der Waals surface area contributed by atoms with E-state index in [0.29, 0.717) is 31.9 Å². The minimum atomic E-state index is -1.38. The number of rotatable bonds is 1. The second-order valence-electron chi connectivity index (χ2n) is 3.15. The van der Waals surface area contributed by atoms with Gasteiger partial charge >= 0.3 is 0 Å². The van der Waals surface area contributed by atoms with E-state index in [1.54, 1.807) is 18.5 Å². The van der Waals surface area contributed by atoms with Crippen molar-refractivity contribution in [2.24, 2.45) is 0 Å². The van der Waals surface area contributed by atoms with Crippen molar-refractivity contribution >= 4 is 0 Å². The molecule has 3 nitrogen and oxygen atoms in total. The molecule has 0 radical (unpaired) electrons. The van der Waals surface area contributed by atoms with Crippen LogP contribution in [0.5, 0.6) is 0 Å². The lowest BCUT2D eigenvalue weighted by atomic mass is 9.95. The molecule has 1 aromatic heterocycles. The molecule has 2 heterocycles. The number of hydrogen-bond donors (Lipinski definition) is 0. The van der Waals surface area contributed by atoms with Crippen LogP contribution in [0.4, 0.5) is 4.39 Å². The maximum absolute atomic E-state index is 14.1. The van der Waals surface area contributed by atoms with Gasteiger partial charge in [-0.2, -0.15) is 0 Å². The van der Waals surface area contributed by atoms with Gasteiger partial charge in [0.2, 0.25) is 0 Å². The van der Waals surface area contributed by atoms with Crippen LogP contribution in [0, 0.1) is 0 Å². The summed E-state index contributed by atoms with van der Waals surface area (Å²) in [4.78, 5) is 7.86. The number of hydrogen-bond acceptors (Lipinski definition) is 3. The summed E-state index contributed by atoms with van der Waals surface area (Å²) < 4.78 is 19.2. The van der Waals surface area contributed by atoms with Crippen LogP contribution in [0.15, 0.2) is 18.5 Å². The molecule has 0 spiro atoms. The highest BCUT2D eigenvalue weighted by Crippen LogP contribution is 2.33. The van der Waals surface area contributed by atoms with Crippen LogP contribution in [0.3, 0.4) is 0 Å². The summed E-state index contributed by atoms with van der Waals surface area (Å²) >= 11 is 0. The first-order chi connectivity index (χ1) is 6.31. The van der Waals surface area contributed by atoms with Gasteiger partial charge in [0.15, 0.2) is 11.5 Å². The van der Waals surface area contributed by atoms with Gasteiger partial charge in [-0.25, -0.2) is 14.4 Å². The molecule has 0 amide bonds. The Morgan fingerprint density at radius 1 is 1.23 bits per heavy atom. The van der Waals surface area contributed by atoms with E-state index in [9.17, 15) is 4.39 Å². The number of alkyl halides is 1. The molecule has 0 saturated carbocycles. The predicted octanol–water partition coefficient (Wildman–Crippen LogP) is 1.45. The zero-order valence-electron chi connectivity index (χ0n) is 7.24. The maximum Gasteiger partial charge on any atom is 0.174 e. The molecule has 0 aliphatic carbocycles. The van der Waals surface area contributed by atoms with Crippen LogP contribution in [0.2, 0.25) is 0 Å². The minimum absolute atomic E-state index is 0.290. The Bertz CT molecular complexity index is 272. The molecule has 1 aliphatic rings. The molecule has 0 unspecified atom stereocenters. The van der Waals surface area contributed by atoms with E-state index in [2.05, 4.69) is 9.97 Å². The molecule has 1 aromatic rings. The fourth-order valence-electron chi connectivity index (χ4n) is 1.45. The highest BCUT2D eigenvalue weighted by molar-refractivity contribution is 5.03. The molecule has 1 aliphatic heterocycles. The summed E-state index contributed by atoms with van der Waals surface area (Å²) in [5.74, 6) is 0.290. The van der Waals surface area contributed by atoms with Gasteiger partial charge in [0.25, 0.3) is 0 Å². The maximum atomic E-state index is 14.1. The Morgan fingerprint density at radius 3 is 2.46 bits per heavy atom. The summed E-state index contributed by atoms with van der Waals surface area (Å²) in [6.07, 6.45) is 3.85. The van der Waals surface area contributed by atoms with E-state index < -0.39 is 5.67 Å². The largest absolute Gasteiger partial charge is 0.381 e. The van der Waals surface area contributed by atoms with Gasteiger partial charge in [0.05, 0.1) is 13.2 Å². The summed E-state index contributed by atoms with van der Waals surface area (Å²) in [6.45, 7) is 0.906. The van der Waals surface area contributed by atoms with Crippen LogP contribution < -0.4 is 0 Å². The van der Waals surface area contributed by atoms with Gasteiger partial charge in [-0.3, -0.25) is 0 Å². The monoisotopic (exact) mass is 182 g/mol. The molecule has 4 heteroatoms. The standard InChI is InChI=1S/C9H11FN2O/c10-9(2-6-13-7-3-9)8-11-4-1-5-12-8/h1,4-5H,2-3,6-7H2. The normalized spacial score (nSPS) is 21.3. The van der Waals surface area contributed by atoms with Crippen molar-refractivity contribution in [1.29, 1.82) is 0 Å². The van der Waals surface area contributed by atoms with E-state index in [4.69, 9.17) is 4.74 Å². The fraction of sp³-hybridized carbons (Fsp3) is 0.556. The topological polar surface area (TPSA) is 35.0 Å². The van der Waals surface area contributed by atoms with E-state index in [1.807, 2.05) is 0 Å². The van der Waals surface area contributed by atoms with E-state index in [0.717, 1.165) is 0 Å². The Kier molecular flexibility index (Phi) is 2.22. The van der Waals surface area contributed by atoms with Crippen molar-refractivity contribution in [2.45, 2.75) is 18.5 Å². The molecule has 1 fully saturated rings. The van der Waals surface area contributed by atoms with Gasteiger partial charge in [-0.1, -0.05) is 0 Å². The molecule has 0 aromatic carbocycles. The number of halogens is 1. The lowest BCUT2D eigenvalue weighted by molar-refractivity contribution is -0.0164. The molecule has 0 bridgehead atoms. The minimum Gasteiger partial charge on any atom is -0.381 e. The quantitative estimate of drug-likeness (QED) is 0.659. The summed E-state index contributed by atoms with van der Waals surface area (Å²) in [6, 6.07) is 1.69. The predicted molar refractivity (Wildman–Crippen MR) is 44.9 cm³/mol. The van der Waals surface area contributed by atoms with Crippen LogP contribution in [0.1, 0.15) is 18.7 Å². The highest BCUT2D eigenvalue weighted by atomic mass is 19.1. The first kappa shape index (κ1) is 8.56. The molecule has 0 N–H and O–H groups in total. The summed E-state index contributed by atoms with van der Waals surface area (Å²) in [5, 5.41) is 0. The Morgan fingerprint density at radius 2 is 1.85 bits per heavy atom. The Labute approximate surface area is 76.0 Å². The first-order valence-electron chi connectivity index (χ1n) is 4.35. The SMILES string of the molecule is FC1(c2ncccn2)CCOCC1. The van der Waals surface area contributed by atoms with Crippen molar-refractivity contribution in [2.75, 3.05) is 13.2 Å². The van der Waals surface area contributed by atoms with Crippen molar-refractivity contribution in [3.8, 4) is 0 Å². The van der Waals surface area contributed by atoms with Crippen LogP contribution in [-0.2, 0) is 10.4 Å². The third-order valence-electron chi connectivity index (χ3n) is 2.25. The zero-order valence-corrected chi connectivity index (χ0v) is 7.24. The average molecular weight is 182 g/mol. The molecule has 2 rings (SSSR count). The van der Waals surface area contributed by atoms with Crippen molar-refractivity contribution < 1.29 is 9.13 Å². The summed E-state index contributed by atoms with van der Waals surface area (Å²) in [5.41, 5.74) is -1.38. The van der Waals surface area contributed by atoms with Crippen LogP contribution in [-0.4, -0.2) is 23.2 Å². The molecular formula is C9H11FN2O. The first-order valence-corrected chi connectivity index (χ1v) is 4.35. The molecule has 0 atom stereocenters. The van der Waals surface area contributed by atoms with Crippen molar-refractivity contribution in [1.82, 2.24) is 9.97 Å². The Balaban J connectivity index is 2.23. The smallest absolute Gasteiger partial charge is 0.174 e.